The Morgan fingerprint density at radius 2 is 1.90 bits per heavy atom. The standard InChI is InChI=1S/C15H18N2O3/c1-10-4-5-13(11(16)8-10)20-9-12-15(19-3)14(18-2)6-7-17-12/h4-8H,9,16H2,1-3H3. The smallest absolute Gasteiger partial charge is 0.185 e. The molecule has 0 aliphatic carbocycles. The predicted molar refractivity (Wildman–Crippen MR) is 77.3 cm³/mol. The van der Waals surface area contributed by atoms with Gasteiger partial charge in [-0.3, -0.25) is 4.98 Å². The average molecular weight is 274 g/mol. The highest BCUT2D eigenvalue weighted by Gasteiger charge is 2.12. The Morgan fingerprint density at radius 3 is 2.55 bits per heavy atom. The van der Waals surface area contributed by atoms with Crippen LogP contribution in [0.2, 0.25) is 0 Å². The molecule has 2 rings (SSSR count). The summed E-state index contributed by atoms with van der Waals surface area (Å²) >= 11 is 0. The van der Waals surface area contributed by atoms with Crippen molar-refractivity contribution in [3.63, 3.8) is 0 Å². The predicted octanol–water partition coefficient (Wildman–Crippen LogP) is 2.57. The molecule has 0 saturated heterocycles. The van der Waals surface area contributed by atoms with Gasteiger partial charge in [-0.2, -0.15) is 0 Å². The second-order valence-electron chi connectivity index (χ2n) is 4.32. The number of benzene rings is 1. The number of methoxy groups -OCH3 is 2. The molecule has 0 amide bonds. The third-order valence-electron chi connectivity index (χ3n) is 2.90. The fourth-order valence-electron chi connectivity index (χ4n) is 1.90. The molecule has 0 spiro atoms. The van der Waals surface area contributed by atoms with Crippen LogP contribution in [0.25, 0.3) is 0 Å². The number of aryl methyl sites for hydroxylation is 1. The van der Waals surface area contributed by atoms with Crippen molar-refractivity contribution < 1.29 is 14.2 Å². The van der Waals surface area contributed by atoms with Crippen molar-refractivity contribution in [3.8, 4) is 17.2 Å². The summed E-state index contributed by atoms with van der Waals surface area (Å²) in [4.78, 5) is 4.25. The Labute approximate surface area is 118 Å². The fraction of sp³-hybridized carbons (Fsp3) is 0.267. The SMILES string of the molecule is COc1ccnc(COc2ccc(C)cc2N)c1OC. The molecule has 0 atom stereocenters. The minimum absolute atomic E-state index is 0.258. The van der Waals surface area contributed by atoms with E-state index in [4.69, 9.17) is 19.9 Å². The Kier molecular flexibility index (Phi) is 4.30. The van der Waals surface area contributed by atoms with E-state index in [-0.39, 0.29) is 6.61 Å². The summed E-state index contributed by atoms with van der Waals surface area (Å²) in [5, 5.41) is 0. The van der Waals surface area contributed by atoms with Crippen LogP contribution in [0, 0.1) is 6.92 Å². The third-order valence-corrected chi connectivity index (χ3v) is 2.90. The summed E-state index contributed by atoms with van der Waals surface area (Å²) in [7, 11) is 3.16. The van der Waals surface area contributed by atoms with Crippen molar-refractivity contribution in [2.24, 2.45) is 0 Å². The third kappa shape index (κ3) is 2.93. The van der Waals surface area contributed by atoms with Crippen molar-refractivity contribution in [2.75, 3.05) is 20.0 Å². The number of hydrogen-bond donors (Lipinski definition) is 1. The van der Waals surface area contributed by atoms with Gasteiger partial charge in [-0.05, 0) is 24.6 Å². The largest absolute Gasteiger partial charge is 0.493 e. The van der Waals surface area contributed by atoms with Crippen molar-refractivity contribution in [1.82, 2.24) is 4.98 Å². The molecular formula is C15H18N2O3. The number of ether oxygens (including phenoxy) is 3. The molecule has 0 saturated carbocycles. The van der Waals surface area contributed by atoms with Crippen LogP contribution < -0.4 is 19.9 Å². The lowest BCUT2D eigenvalue weighted by molar-refractivity contribution is 0.286. The maximum atomic E-state index is 5.91. The maximum Gasteiger partial charge on any atom is 0.185 e. The summed E-state index contributed by atoms with van der Waals surface area (Å²) in [5.41, 5.74) is 8.26. The first kappa shape index (κ1) is 14.0. The Balaban J connectivity index is 2.18. The second-order valence-corrected chi connectivity index (χ2v) is 4.32. The van der Waals surface area contributed by atoms with E-state index in [1.807, 2.05) is 25.1 Å². The van der Waals surface area contributed by atoms with E-state index in [0.29, 0.717) is 28.6 Å². The van der Waals surface area contributed by atoms with Gasteiger partial charge in [-0.1, -0.05) is 6.07 Å². The Hall–Kier alpha value is -2.43. The number of hydrogen-bond acceptors (Lipinski definition) is 5. The van der Waals surface area contributed by atoms with Gasteiger partial charge in [0.25, 0.3) is 0 Å². The molecule has 2 N–H and O–H groups in total. The van der Waals surface area contributed by atoms with E-state index in [2.05, 4.69) is 4.98 Å². The van der Waals surface area contributed by atoms with E-state index in [0.717, 1.165) is 5.56 Å². The zero-order chi connectivity index (χ0) is 14.5. The van der Waals surface area contributed by atoms with Crippen molar-refractivity contribution in [2.45, 2.75) is 13.5 Å². The fourth-order valence-corrected chi connectivity index (χ4v) is 1.90. The first-order chi connectivity index (χ1) is 9.65. The molecule has 2 aromatic rings. The minimum atomic E-state index is 0.258. The van der Waals surface area contributed by atoms with Crippen LogP contribution in [-0.2, 0) is 6.61 Å². The molecule has 0 aliphatic heterocycles. The monoisotopic (exact) mass is 274 g/mol. The molecule has 1 heterocycles. The van der Waals surface area contributed by atoms with E-state index >= 15 is 0 Å². The molecule has 106 valence electrons. The van der Waals surface area contributed by atoms with Crippen molar-refractivity contribution >= 4 is 5.69 Å². The number of rotatable bonds is 5. The van der Waals surface area contributed by atoms with Crippen LogP contribution in [-0.4, -0.2) is 19.2 Å². The summed E-state index contributed by atoms with van der Waals surface area (Å²) in [5.74, 6) is 1.82. The van der Waals surface area contributed by atoms with Gasteiger partial charge in [0, 0.05) is 12.3 Å². The van der Waals surface area contributed by atoms with Crippen LogP contribution in [0.3, 0.4) is 0 Å². The highest BCUT2D eigenvalue weighted by molar-refractivity contribution is 5.54. The molecule has 5 nitrogen and oxygen atoms in total. The zero-order valence-electron chi connectivity index (χ0n) is 11.8. The summed E-state index contributed by atoms with van der Waals surface area (Å²) in [6.07, 6.45) is 1.65. The molecule has 0 radical (unpaired) electrons. The van der Waals surface area contributed by atoms with Gasteiger partial charge >= 0.3 is 0 Å². The lowest BCUT2D eigenvalue weighted by atomic mass is 10.2. The van der Waals surface area contributed by atoms with Gasteiger partial charge in [-0.15, -0.1) is 0 Å². The molecule has 5 heteroatoms. The van der Waals surface area contributed by atoms with Gasteiger partial charge < -0.3 is 19.9 Å². The van der Waals surface area contributed by atoms with Crippen LogP contribution in [0.1, 0.15) is 11.3 Å². The van der Waals surface area contributed by atoms with Gasteiger partial charge in [0.15, 0.2) is 11.5 Å². The maximum absolute atomic E-state index is 5.91. The van der Waals surface area contributed by atoms with Gasteiger partial charge in [0.1, 0.15) is 18.1 Å². The van der Waals surface area contributed by atoms with Crippen LogP contribution >= 0.6 is 0 Å². The molecule has 1 aromatic heterocycles. The van der Waals surface area contributed by atoms with Crippen LogP contribution in [0.15, 0.2) is 30.5 Å². The molecule has 0 unspecified atom stereocenters. The Bertz CT molecular complexity index is 600. The van der Waals surface area contributed by atoms with Crippen LogP contribution in [0.5, 0.6) is 17.2 Å². The van der Waals surface area contributed by atoms with E-state index in [9.17, 15) is 0 Å². The summed E-state index contributed by atoms with van der Waals surface area (Å²) in [6, 6.07) is 7.40. The molecule has 0 bridgehead atoms. The molecule has 0 fully saturated rings. The minimum Gasteiger partial charge on any atom is -0.493 e. The zero-order valence-corrected chi connectivity index (χ0v) is 11.8. The molecule has 1 aromatic carbocycles. The Morgan fingerprint density at radius 1 is 1.10 bits per heavy atom. The van der Waals surface area contributed by atoms with Gasteiger partial charge in [0.05, 0.1) is 19.9 Å². The first-order valence-corrected chi connectivity index (χ1v) is 6.20. The number of pyridine rings is 1. The number of nitrogens with zero attached hydrogens (tertiary/aromatic N) is 1. The number of nitrogens with two attached hydrogens (primary N) is 1. The molecular weight excluding hydrogens is 256 g/mol. The van der Waals surface area contributed by atoms with Crippen LogP contribution in [0.4, 0.5) is 5.69 Å². The average Bonchev–Trinajstić information content (AvgIpc) is 2.45. The topological polar surface area (TPSA) is 66.6 Å². The first-order valence-electron chi connectivity index (χ1n) is 6.20. The van der Waals surface area contributed by atoms with Gasteiger partial charge in [0.2, 0.25) is 0 Å². The summed E-state index contributed by atoms with van der Waals surface area (Å²) in [6.45, 7) is 2.24. The van der Waals surface area contributed by atoms with Crippen molar-refractivity contribution in [3.05, 3.63) is 41.7 Å². The lowest BCUT2D eigenvalue weighted by Crippen LogP contribution is -2.04. The highest BCUT2D eigenvalue weighted by atomic mass is 16.5. The van der Waals surface area contributed by atoms with E-state index in [1.54, 1.807) is 26.5 Å². The van der Waals surface area contributed by atoms with E-state index < -0.39 is 0 Å². The highest BCUT2D eigenvalue weighted by Crippen LogP contribution is 2.30. The summed E-state index contributed by atoms with van der Waals surface area (Å²) < 4.78 is 16.2. The van der Waals surface area contributed by atoms with Gasteiger partial charge in [-0.25, -0.2) is 0 Å². The number of aromatic nitrogens is 1. The molecule has 0 aliphatic rings. The number of nitrogen functional groups attached to an aromatic ring is 1. The van der Waals surface area contributed by atoms with Crippen molar-refractivity contribution in [1.29, 1.82) is 0 Å². The quantitative estimate of drug-likeness (QED) is 0.849. The normalized spacial score (nSPS) is 10.2. The second kappa shape index (κ2) is 6.14. The lowest BCUT2D eigenvalue weighted by Gasteiger charge is -2.13. The molecule has 20 heavy (non-hydrogen) atoms. The van der Waals surface area contributed by atoms with E-state index in [1.165, 1.54) is 0 Å². The number of anilines is 1.